The van der Waals surface area contributed by atoms with Crippen LogP contribution < -0.4 is 5.32 Å². The molecule has 0 aliphatic heterocycles. The van der Waals surface area contributed by atoms with Gasteiger partial charge in [0.25, 0.3) is 5.91 Å². The van der Waals surface area contributed by atoms with E-state index in [1.54, 1.807) is 6.92 Å². The molecule has 0 spiro atoms. The highest BCUT2D eigenvalue weighted by atomic mass is 16.4. The molecule has 2 heterocycles. The fraction of sp³-hybridized carbons (Fsp3) is 0.0909. The van der Waals surface area contributed by atoms with Gasteiger partial charge in [-0.15, -0.1) is 0 Å². The fourth-order valence-corrected chi connectivity index (χ4v) is 1.27. The molecule has 0 atom stereocenters. The number of pyridine rings is 1. The quantitative estimate of drug-likeness (QED) is 0.847. The topological polar surface area (TPSA) is 105 Å². The summed E-state index contributed by atoms with van der Waals surface area (Å²) < 4.78 is 4.96. The Morgan fingerprint density at radius 1 is 1.44 bits per heavy atom. The van der Waals surface area contributed by atoms with Crippen LogP contribution in [0.4, 0.5) is 6.01 Å². The van der Waals surface area contributed by atoms with Crippen LogP contribution in [0.2, 0.25) is 0 Å². The van der Waals surface area contributed by atoms with E-state index in [4.69, 9.17) is 9.52 Å². The number of carboxylic acid groups (broad SMARTS) is 1. The third-order valence-electron chi connectivity index (χ3n) is 2.08. The van der Waals surface area contributed by atoms with Crippen molar-refractivity contribution in [3.05, 3.63) is 41.5 Å². The zero-order valence-electron chi connectivity index (χ0n) is 9.38. The zero-order valence-corrected chi connectivity index (χ0v) is 9.38. The highest BCUT2D eigenvalue weighted by Gasteiger charge is 2.12. The Labute approximate surface area is 101 Å². The summed E-state index contributed by atoms with van der Waals surface area (Å²) in [6.07, 6.45) is 2.64. The summed E-state index contributed by atoms with van der Waals surface area (Å²) >= 11 is 0. The lowest BCUT2D eigenvalue weighted by atomic mass is 10.2. The molecule has 18 heavy (non-hydrogen) atoms. The van der Waals surface area contributed by atoms with Gasteiger partial charge in [-0.25, -0.2) is 9.78 Å². The van der Waals surface area contributed by atoms with Gasteiger partial charge in [0.15, 0.2) is 0 Å². The highest BCUT2D eigenvalue weighted by molar-refractivity contribution is 6.04. The number of hydrogen-bond donors (Lipinski definition) is 2. The minimum atomic E-state index is -1.20. The van der Waals surface area contributed by atoms with Crippen molar-refractivity contribution in [3.8, 4) is 0 Å². The number of oxazole rings is 1. The number of aromatic nitrogens is 2. The van der Waals surface area contributed by atoms with Gasteiger partial charge in [0.2, 0.25) is 0 Å². The van der Waals surface area contributed by atoms with Gasteiger partial charge in [-0.1, -0.05) is 0 Å². The molecule has 2 aromatic rings. The standard InChI is InChI=1S/C11H9N3O4/c1-6-5-18-11(13-6)14-9(15)7-2-3-12-8(4-7)10(16)17/h2-5H,1H3,(H,16,17)(H,13,14,15). The van der Waals surface area contributed by atoms with E-state index in [0.29, 0.717) is 5.69 Å². The first-order chi connectivity index (χ1) is 8.56. The minimum absolute atomic E-state index is 0.0613. The molecule has 2 rings (SSSR count). The molecule has 7 heteroatoms. The molecule has 0 saturated carbocycles. The fourth-order valence-electron chi connectivity index (χ4n) is 1.27. The van der Waals surface area contributed by atoms with Crippen molar-refractivity contribution < 1.29 is 19.1 Å². The number of anilines is 1. The molecule has 1 amide bonds. The Bertz CT molecular complexity index is 606. The molecule has 7 nitrogen and oxygen atoms in total. The largest absolute Gasteiger partial charge is 0.477 e. The van der Waals surface area contributed by atoms with E-state index in [9.17, 15) is 9.59 Å². The van der Waals surface area contributed by atoms with E-state index in [-0.39, 0.29) is 17.3 Å². The second kappa shape index (κ2) is 4.66. The SMILES string of the molecule is Cc1coc(NC(=O)c2ccnc(C(=O)O)c2)n1. The van der Waals surface area contributed by atoms with Crippen molar-refractivity contribution in [2.75, 3.05) is 5.32 Å². The lowest BCUT2D eigenvalue weighted by Crippen LogP contribution is -2.13. The van der Waals surface area contributed by atoms with E-state index >= 15 is 0 Å². The lowest BCUT2D eigenvalue weighted by Gasteiger charge is -2.01. The van der Waals surface area contributed by atoms with E-state index in [1.807, 2.05) is 0 Å². The molecule has 92 valence electrons. The van der Waals surface area contributed by atoms with Gasteiger partial charge in [-0.2, -0.15) is 4.98 Å². The van der Waals surface area contributed by atoms with Crippen LogP contribution in [-0.2, 0) is 0 Å². The number of aromatic carboxylic acids is 1. The van der Waals surface area contributed by atoms with Crippen LogP contribution in [0.1, 0.15) is 26.5 Å². The van der Waals surface area contributed by atoms with Crippen molar-refractivity contribution in [2.24, 2.45) is 0 Å². The molecule has 0 aliphatic carbocycles. The molecule has 2 aromatic heterocycles. The highest BCUT2D eigenvalue weighted by Crippen LogP contribution is 2.09. The van der Waals surface area contributed by atoms with Crippen molar-refractivity contribution in [2.45, 2.75) is 6.92 Å². The first kappa shape index (κ1) is 11.8. The summed E-state index contributed by atoms with van der Waals surface area (Å²) in [5.41, 5.74) is 0.593. The van der Waals surface area contributed by atoms with Gasteiger partial charge < -0.3 is 9.52 Å². The number of hydrogen-bond acceptors (Lipinski definition) is 5. The number of carbonyl (C=O) groups excluding carboxylic acids is 1. The van der Waals surface area contributed by atoms with Gasteiger partial charge in [-0.3, -0.25) is 10.1 Å². The monoisotopic (exact) mass is 247 g/mol. The van der Waals surface area contributed by atoms with Crippen molar-refractivity contribution in [1.82, 2.24) is 9.97 Å². The minimum Gasteiger partial charge on any atom is -0.477 e. The Morgan fingerprint density at radius 3 is 2.83 bits per heavy atom. The van der Waals surface area contributed by atoms with Crippen LogP contribution in [0.25, 0.3) is 0 Å². The Kier molecular flexibility index (Phi) is 3.05. The molecule has 2 N–H and O–H groups in total. The number of carboxylic acids is 1. The predicted octanol–water partition coefficient (Wildman–Crippen LogP) is 1.33. The molecule has 0 unspecified atom stereocenters. The van der Waals surface area contributed by atoms with E-state index in [1.165, 1.54) is 24.6 Å². The molecule has 0 bridgehead atoms. The van der Waals surface area contributed by atoms with E-state index < -0.39 is 11.9 Å². The average molecular weight is 247 g/mol. The molecule has 0 aromatic carbocycles. The molecule has 0 fully saturated rings. The first-order valence-corrected chi connectivity index (χ1v) is 4.99. The summed E-state index contributed by atoms with van der Waals surface area (Å²) in [7, 11) is 0. The number of amides is 1. The molecular formula is C11H9N3O4. The average Bonchev–Trinajstić information content (AvgIpc) is 2.75. The summed E-state index contributed by atoms with van der Waals surface area (Å²) in [5.74, 6) is -1.71. The Hall–Kier alpha value is -2.70. The van der Waals surface area contributed by atoms with Crippen molar-refractivity contribution in [3.63, 3.8) is 0 Å². The number of aryl methyl sites for hydroxylation is 1. The van der Waals surface area contributed by atoms with E-state index in [0.717, 1.165) is 0 Å². The maximum atomic E-state index is 11.8. The van der Waals surface area contributed by atoms with Gasteiger partial charge in [0, 0.05) is 11.8 Å². The number of nitrogens with zero attached hydrogens (tertiary/aromatic N) is 2. The summed E-state index contributed by atoms with van der Waals surface area (Å²) in [6, 6.07) is 2.64. The normalized spacial score (nSPS) is 10.1. The second-order valence-corrected chi connectivity index (χ2v) is 3.48. The van der Waals surface area contributed by atoms with E-state index in [2.05, 4.69) is 15.3 Å². The summed E-state index contributed by atoms with van der Waals surface area (Å²) in [6.45, 7) is 1.72. The Morgan fingerprint density at radius 2 is 2.22 bits per heavy atom. The molecular weight excluding hydrogens is 238 g/mol. The second-order valence-electron chi connectivity index (χ2n) is 3.48. The third-order valence-corrected chi connectivity index (χ3v) is 2.08. The summed E-state index contributed by atoms with van der Waals surface area (Å²) in [4.78, 5) is 30.0. The lowest BCUT2D eigenvalue weighted by molar-refractivity contribution is 0.0690. The van der Waals surface area contributed by atoms with Crippen molar-refractivity contribution >= 4 is 17.9 Å². The van der Waals surface area contributed by atoms with Gasteiger partial charge >= 0.3 is 12.0 Å². The molecule has 0 aliphatic rings. The zero-order chi connectivity index (χ0) is 13.1. The maximum Gasteiger partial charge on any atom is 0.354 e. The number of nitrogens with one attached hydrogen (secondary N) is 1. The first-order valence-electron chi connectivity index (χ1n) is 4.99. The molecule has 0 radical (unpaired) electrons. The van der Waals surface area contributed by atoms with Crippen LogP contribution in [0, 0.1) is 6.92 Å². The van der Waals surface area contributed by atoms with Crippen LogP contribution in [0.15, 0.2) is 29.0 Å². The van der Waals surface area contributed by atoms with Gasteiger partial charge in [-0.05, 0) is 19.1 Å². The van der Waals surface area contributed by atoms with Crippen LogP contribution in [0.5, 0.6) is 0 Å². The maximum absolute atomic E-state index is 11.8. The number of carbonyl (C=O) groups is 2. The smallest absolute Gasteiger partial charge is 0.354 e. The Balaban J connectivity index is 2.18. The summed E-state index contributed by atoms with van der Waals surface area (Å²) in [5, 5.41) is 11.2. The van der Waals surface area contributed by atoms with Crippen LogP contribution >= 0.6 is 0 Å². The number of rotatable bonds is 3. The van der Waals surface area contributed by atoms with Gasteiger partial charge in [0.1, 0.15) is 12.0 Å². The predicted molar refractivity (Wildman–Crippen MR) is 60.4 cm³/mol. The van der Waals surface area contributed by atoms with Crippen molar-refractivity contribution in [1.29, 1.82) is 0 Å². The van der Waals surface area contributed by atoms with Crippen LogP contribution in [-0.4, -0.2) is 27.0 Å². The molecule has 0 saturated heterocycles. The van der Waals surface area contributed by atoms with Gasteiger partial charge in [0.05, 0.1) is 5.69 Å². The van der Waals surface area contributed by atoms with Crippen LogP contribution in [0.3, 0.4) is 0 Å². The third kappa shape index (κ3) is 2.51.